The number of carbonyl (C=O) groups excluding carboxylic acids is 1. The maximum atomic E-state index is 12.2. The molecule has 4 nitrogen and oxygen atoms in total. The van der Waals surface area contributed by atoms with Gasteiger partial charge in [0.25, 0.3) is 5.91 Å². The highest BCUT2D eigenvalue weighted by molar-refractivity contribution is 5.85. The Hall–Kier alpha value is -1.26. The van der Waals surface area contributed by atoms with Gasteiger partial charge in [0.1, 0.15) is 5.75 Å². The van der Waals surface area contributed by atoms with Crippen molar-refractivity contribution in [3.05, 3.63) is 29.8 Å². The van der Waals surface area contributed by atoms with Gasteiger partial charge in [0.15, 0.2) is 6.61 Å². The highest BCUT2D eigenvalue weighted by atomic mass is 35.5. The molecule has 1 unspecified atom stereocenters. The van der Waals surface area contributed by atoms with E-state index in [9.17, 15) is 4.79 Å². The summed E-state index contributed by atoms with van der Waals surface area (Å²) in [6.07, 6.45) is 2.19. The molecule has 1 heterocycles. The van der Waals surface area contributed by atoms with E-state index >= 15 is 0 Å². The van der Waals surface area contributed by atoms with Gasteiger partial charge in [0.2, 0.25) is 0 Å². The molecule has 1 fully saturated rings. The molecule has 0 bridgehead atoms. The van der Waals surface area contributed by atoms with Crippen LogP contribution in [0.2, 0.25) is 0 Å². The number of nitrogens with one attached hydrogen (secondary N) is 1. The Labute approximate surface area is 146 Å². The molecule has 1 aliphatic heterocycles. The number of ether oxygens (including phenoxy) is 1. The Balaban J connectivity index is 0.00000264. The van der Waals surface area contributed by atoms with Gasteiger partial charge in [-0.1, -0.05) is 32.9 Å². The Morgan fingerprint density at radius 3 is 2.52 bits per heavy atom. The van der Waals surface area contributed by atoms with Crippen LogP contribution in [-0.2, 0) is 10.2 Å². The van der Waals surface area contributed by atoms with Crippen LogP contribution in [-0.4, -0.2) is 43.6 Å². The molecule has 0 aromatic heterocycles. The number of rotatable bonds is 4. The fraction of sp³-hybridized carbons (Fsp3) is 0.611. The van der Waals surface area contributed by atoms with Gasteiger partial charge in [0, 0.05) is 19.1 Å². The molecule has 1 N–H and O–H groups in total. The van der Waals surface area contributed by atoms with Crippen molar-refractivity contribution in [3.8, 4) is 5.75 Å². The fourth-order valence-electron chi connectivity index (χ4n) is 2.73. The van der Waals surface area contributed by atoms with E-state index in [1.165, 1.54) is 5.56 Å². The van der Waals surface area contributed by atoms with Gasteiger partial charge in [-0.05, 0) is 43.0 Å². The molecule has 0 spiro atoms. The quantitative estimate of drug-likeness (QED) is 0.916. The first-order valence-corrected chi connectivity index (χ1v) is 8.08. The Morgan fingerprint density at radius 1 is 1.30 bits per heavy atom. The zero-order chi connectivity index (χ0) is 16.2. The standard InChI is InChI=1S/C18H28N2O2.ClH/c1-18(2,3)14-7-9-16(10-8-14)22-13-17(21)20-11-5-6-15(12-20)19-4;/h7-10,15,19H,5-6,11-13H2,1-4H3;1H. The van der Waals surface area contributed by atoms with Gasteiger partial charge in [-0.15, -0.1) is 12.4 Å². The number of likely N-dealkylation sites (tertiary alicyclic amines) is 1. The predicted octanol–water partition coefficient (Wildman–Crippen LogP) is 3.00. The number of hydrogen-bond acceptors (Lipinski definition) is 3. The normalized spacial score (nSPS) is 18.3. The highest BCUT2D eigenvalue weighted by Crippen LogP contribution is 2.24. The summed E-state index contributed by atoms with van der Waals surface area (Å²) in [7, 11) is 1.95. The van der Waals surface area contributed by atoms with Crippen molar-refractivity contribution in [3.63, 3.8) is 0 Å². The van der Waals surface area contributed by atoms with Crippen molar-refractivity contribution in [2.24, 2.45) is 0 Å². The van der Waals surface area contributed by atoms with Crippen molar-refractivity contribution in [2.75, 3.05) is 26.7 Å². The molecular formula is C18H29ClN2O2. The third kappa shape index (κ3) is 5.70. The van der Waals surface area contributed by atoms with Crippen molar-refractivity contribution in [2.45, 2.75) is 45.1 Å². The minimum atomic E-state index is 0. The van der Waals surface area contributed by atoms with E-state index in [4.69, 9.17) is 4.74 Å². The lowest BCUT2D eigenvalue weighted by molar-refractivity contribution is -0.134. The summed E-state index contributed by atoms with van der Waals surface area (Å²) in [6, 6.07) is 8.43. The first-order valence-electron chi connectivity index (χ1n) is 8.08. The molecule has 1 atom stereocenters. The number of piperidine rings is 1. The number of hydrogen-bond donors (Lipinski definition) is 1. The number of amides is 1. The lowest BCUT2D eigenvalue weighted by Gasteiger charge is -2.32. The van der Waals surface area contributed by atoms with Crippen LogP contribution in [0.1, 0.15) is 39.2 Å². The Kier molecular flexibility index (Phi) is 7.36. The summed E-state index contributed by atoms with van der Waals surface area (Å²) in [5.41, 5.74) is 1.39. The van der Waals surface area contributed by atoms with E-state index in [-0.39, 0.29) is 30.3 Å². The van der Waals surface area contributed by atoms with E-state index in [1.807, 2.05) is 24.1 Å². The van der Waals surface area contributed by atoms with E-state index in [1.54, 1.807) is 0 Å². The maximum absolute atomic E-state index is 12.2. The van der Waals surface area contributed by atoms with Crippen LogP contribution < -0.4 is 10.1 Å². The molecule has 0 saturated carbocycles. The molecule has 1 aromatic carbocycles. The lowest BCUT2D eigenvalue weighted by Crippen LogP contribution is -2.48. The van der Waals surface area contributed by atoms with E-state index < -0.39 is 0 Å². The van der Waals surface area contributed by atoms with Crippen LogP contribution in [0.4, 0.5) is 0 Å². The van der Waals surface area contributed by atoms with Gasteiger partial charge < -0.3 is 15.0 Å². The third-order valence-electron chi connectivity index (χ3n) is 4.26. The minimum absolute atomic E-state index is 0. The van der Waals surface area contributed by atoms with Gasteiger partial charge in [0.05, 0.1) is 0 Å². The first-order chi connectivity index (χ1) is 10.4. The van der Waals surface area contributed by atoms with Crippen LogP contribution in [0.3, 0.4) is 0 Å². The maximum Gasteiger partial charge on any atom is 0.260 e. The van der Waals surface area contributed by atoms with E-state index in [2.05, 4.69) is 38.2 Å². The molecule has 0 aliphatic carbocycles. The van der Waals surface area contributed by atoms with Crippen LogP contribution in [0, 0.1) is 0 Å². The van der Waals surface area contributed by atoms with Crippen LogP contribution in [0.25, 0.3) is 0 Å². The largest absolute Gasteiger partial charge is 0.484 e. The average Bonchev–Trinajstić information content (AvgIpc) is 2.52. The molecule has 2 rings (SSSR count). The second-order valence-electron chi connectivity index (χ2n) is 7.03. The topological polar surface area (TPSA) is 41.6 Å². The average molecular weight is 341 g/mol. The molecule has 23 heavy (non-hydrogen) atoms. The predicted molar refractivity (Wildman–Crippen MR) is 96.5 cm³/mol. The number of halogens is 1. The van der Waals surface area contributed by atoms with Crippen LogP contribution in [0.15, 0.2) is 24.3 Å². The first kappa shape index (κ1) is 19.8. The molecule has 1 aromatic rings. The monoisotopic (exact) mass is 340 g/mol. The molecule has 1 saturated heterocycles. The van der Waals surface area contributed by atoms with E-state index in [0.29, 0.717) is 6.04 Å². The van der Waals surface area contributed by atoms with E-state index in [0.717, 1.165) is 31.7 Å². The van der Waals surface area contributed by atoms with Crippen molar-refractivity contribution in [1.29, 1.82) is 0 Å². The summed E-state index contributed by atoms with van der Waals surface area (Å²) in [6.45, 7) is 8.28. The second kappa shape index (κ2) is 8.55. The Morgan fingerprint density at radius 2 is 1.96 bits per heavy atom. The molecule has 1 aliphatic rings. The fourth-order valence-corrected chi connectivity index (χ4v) is 2.73. The zero-order valence-electron chi connectivity index (χ0n) is 14.6. The smallest absolute Gasteiger partial charge is 0.260 e. The number of likely N-dealkylation sites (N-methyl/N-ethyl adjacent to an activating group) is 1. The number of nitrogens with zero attached hydrogens (tertiary/aromatic N) is 1. The highest BCUT2D eigenvalue weighted by Gasteiger charge is 2.22. The minimum Gasteiger partial charge on any atom is -0.484 e. The number of carbonyl (C=O) groups is 1. The van der Waals surface area contributed by atoms with Gasteiger partial charge in [-0.2, -0.15) is 0 Å². The van der Waals surface area contributed by atoms with Crippen molar-refractivity contribution < 1.29 is 9.53 Å². The summed E-state index contributed by atoms with van der Waals surface area (Å²) >= 11 is 0. The number of benzene rings is 1. The van der Waals surface area contributed by atoms with Gasteiger partial charge >= 0.3 is 0 Å². The van der Waals surface area contributed by atoms with Crippen LogP contribution in [0.5, 0.6) is 5.75 Å². The zero-order valence-corrected chi connectivity index (χ0v) is 15.4. The summed E-state index contributed by atoms with van der Waals surface area (Å²) in [4.78, 5) is 14.1. The SMILES string of the molecule is CNC1CCCN(C(=O)COc2ccc(C(C)(C)C)cc2)C1.Cl. The Bertz CT molecular complexity index is 497. The molecule has 1 amide bonds. The molecular weight excluding hydrogens is 312 g/mol. The summed E-state index contributed by atoms with van der Waals surface area (Å²) in [5.74, 6) is 0.823. The van der Waals surface area contributed by atoms with Crippen molar-refractivity contribution in [1.82, 2.24) is 10.2 Å². The summed E-state index contributed by atoms with van der Waals surface area (Å²) < 4.78 is 5.65. The summed E-state index contributed by atoms with van der Waals surface area (Å²) in [5, 5.41) is 3.25. The second-order valence-corrected chi connectivity index (χ2v) is 7.03. The lowest BCUT2D eigenvalue weighted by atomic mass is 9.87. The molecule has 130 valence electrons. The van der Waals surface area contributed by atoms with Crippen molar-refractivity contribution >= 4 is 18.3 Å². The van der Waals surface area contributed by atoms with Crippen LogP contribution >= 0.6 is 12.4 Å². The molecule has 5 heteroatoms. The molecule has 0 radical (unpaired) electrons. The van der Waals surface area contributed by atoms with Gasteiger partial charge in [-0.25, -0.2) is 0 Å². The third-order valence-corrected chi connectivity index (χ3v) is 4.26. The van der Waals surface area contributed by atoms with Gasteiger partial charge in [-0.3, -0.25) is 4.79 Å².